The van der Waals surface area contributed by atoms with Gasteiger partial charge in [0, 0.05) is 29.2 Å². The van der Waals surface area contributed by atoms with Gasteiger partial charge in [0.1, 0.15) is 6.54 Å². The van der Waals surface area contributed by atoms with Crippen LogP contribution in [0.1, 0.15) is 5.89 Å². The van der Waals surface area contributed by atoms with Crippen LogP contribution in [-0.2, 0) is 6.54 Å². The predicted octanol–water partition coefficient (Wildman–Crippen LogP) is 3.43. The summed E-state index contributed by atoms with van der Waals surface area (Å²) in [4.78, 5) is 0. The smallest absolute Gasteiger partial charge is 0.247 e. The Morgan fingerprint density at radius 2 is 1.83 bits per heavy atom. The summed E-state index contributed by atoms with van der Waals surface area (Å²) in [5.74, 6) is 0.964. The van der Waals surface area contributed by atoms with Gasteiger partial charge in [0.2, 0.25) is 11.8 Å². The van der Waals surface area contributed by atoms with Gasteiger partial charge in [0.15, 0.2) is 0 Å². The number of hydrogen-bond donors (Lipinski definition) is 0. The van der Waals surface area contributed by atoms with E-state index in [1.54, 1.807) is 23.0 Å². The zero-order valence-electron chi connectivity index (χ0n) is 12.0. The lowest BCUT2D eigenvalue weighted by Crippen LogP contribution is -2.00. The van der Waals surface area contributed by atoms with Crippen molar-refractivity contribution in [3.8, 4) is 17.1 Å². The van der Waals surface area contributed by atoms with Crippen LogP contribution in [0.3, 0.4) is 0 Å². The van der Waals surface area contributed by atoms with Crippen LogP contribution in [0.15, 0.2) is 65.6 Å². The third-order valence-corrected chi connectivity index (χ3v) is 3.63. The van der Waals surface area contributed by atoms with Gasteiger partial charge in [-0.05, 0) is 36.4 Å². The van der Waals surface area contributed by atoms with Crippen molar-refractivity contribution in [2.24, 2.45) is 0 Å². The van der Waals surface area contributed by atoms with Gasteiger partial charge in [-0.1, -0.05) is 11.6 Å². The van der Waals surface area contributed by atoms with Crippen molar-refractivity contribution in [1.29, 1.82) is 0 Å². The summed E-state index contributed by atoms with van der Waals surface area (Å²) in [7, 11) is 0. The molecule has 0 spiro atoms. The molecule has 114 valence electrons. The molecule has 0 aliphatic rings. The molecular weight excluding hydrogens is 314 g/mol. The second-order valence-corrected chi connectivity index (χ2v) is 5.43. The van der Waals surface area contributed by atoms with Crippen LogP contribution in [-0.4, -0.2) is 24.5 Å². The van der Waals surface area contributed by atoms with Gasteiger partial charge in [0.05, 0.1) is 11.9 Å². The molecule has 0 amide bonds. The van der Waals surface area contributed by atoms with E-state index in [9.17, 15) is 0 Å². The molecule has 23 heavy (non-hydrogen) atoms. The molecule has 4 rings (SSSR count). The van der Waals surface area contributed by atoms with E-state index < -0.39 is 0 Å². The lowest BCUT2D eigenvalue weighted by Gasteiger charge is -1.97. The number of aromatic nitrogens is 5. The summed E-state index contributed by atoms with van der Waals surface area (Å²) in [5.41, 5.74) is 1.81. The highest BCUT2D eigenvalue weighted by Gasteiger charge is 2.10. The molecule has 0 radical (unpaired) electrons. The normalized spacial score (nSPS) is 11.0. The standard InChI is InChI=1S/C16H12ClN5O/c17-13-5-3-12(4-6-13)16-20-19-15(23-16)11-22-10-14(9-18-22)21-7-1-2-8-21/h1-10H,11H2. The third-order valence-electron chi connectivity index (χ3n) is 3.38. The molecule has 0 bridgehead atoms. The van der Waals surface area contributed by atoms with Crippen molar-refractivity contribution >= 4 is 11.6 Å². The van der Waals surface area contributed by atoms with Gasteiger partial charge in [-0.15, -0.1) is 10.2 Å². The van der Waals surface area contributed by atoms with Crippen LogP contribution in [0.4, 0.5) is 0 Å². The third kappa shape index (κ3) is 2.89. The van der Waals surface area contributed by atoms with Crippen LogP contribution < -0.4 is 0 Å². The molecule has 6 nitrogen and oxygen atoms in total. The molecule has 0 unspecified atom stereocenters. The Morgan fingerprint density at radius 1 is 1.04 bits per heavy atom. The Balaban J connectivity index is 1.53. The van der Waals surface area contributed by atoms with E-state index in [2.05, 4.69) is 15.3 Å². The minimum Gasteiger partial charge on any atom is -0.419 e. The summed E-state index contributed by atoms with van der Waals surface area (Å²) in [6, 6.07) is 11.2. The van der Waals surface area contributed by atoms with E-state index in [0.717, 1.165) is 11.3 Å². The number of hydrogen-bond acceptors (Lipinski definition) is 4. The molecule has 4 aromatic rings. The highest BCUT2D eigenvalue weighted by molar-refractivity contribution is 6.30. The molecule has 1 aromatic carbocycles. The highest BCUT2D eigenvalue weighted by atomic mass is 35.5. The van der Waals surface area contributed by atoms with Crippen molar-refractivity contribution < 1.29 is 4.42 Å². The zero-order valence-corrected chi connectivity index (χ0v) is 12.8. The first-order chi connectivity index (χ1) is 11.3. The Morgan fingerprint density at radius 3 is 2.61 bits per heavy atom. The van der Waals surface area contributed by atoms with Gasteiger partial charge in [-0.25, -0.2) is 0 Å². The Kier molecular flexibility index (Phi) is 3.44. The Bertz CT molecular complexity index is 908. The van der Waals surface area contributed by atoms with Crippen LogP contribution in [0, 0.1) is 0 Å². The van der Waals surface area contributed by atoms with Crippen LogP contribution in [0.25, 0.3) is 17.1 Å². The summed E-state index contributed by atoms with van der Waals surface area (Å²) >= 11 is 5.88. The average Bonchev–Trinajstić information content (AvgIpc) is 3.29. The van der Waals surface area contributed by atoms with E-state index in [-0.39, 0.29) is 0 Å². The highest BCUT2D eigenvalue weighted by Crippen LogP contribution is 2.20. The maximum atomic E-state index is 5.88. The van der Waals surface area contributed by atoms with Gasteiger partial charge in [0.25, 0.3) is 0 Å². The Labute approximate surface area is 136 Å². The van der Waals surface area contributed by atoms with Gasteiger partial charge in [-0.3, -0.25) is 4.68 Å². The SMILES string of the molecule is Clc1ccc(-c2nnc(Cn3cc(-n4cccc4)cn3)o2)cc1. The first kappa shape index (κ1) is 13.8. The van der Waals surface area contributed by atoms with E-state index in [4.69, 9.17) is 16.0 Å². The first-order valence-electron chi connectivity index (χ1n) is 7.02. The molecule has 0 N–H and O–H groups in total. The lowest BCUT2D eigenvalue weighted by molar-refractivity contribution is 0.474. The number of halogens is 1. The zero-order chi connectivity index (χ0) is 15.6. The minimum atomic E-state index is 0.419. The molecular formula is C16H12ClN5O. The fraction of sp³-hybridized carbons (Fsp3) is 0.0625. The molecule has 0 aliphatic carbocycles. The van der Waals surface area contributed by atoms with E-state index in [0.29, 0.717) is 23.3 Å². The van der Waals surface area contributed by atoms with Crippen molar-refractivity contribution in [2.75, 3.05) is 0 Å². The topological polar surface area (TPSA) is 61.7 Å². The molecule has 0 saturated heterocycles. The van der Waals surface area contributed by atoms with E-state index >= 15 is 0 Å². The molecule has 0 aliphatic heterocycles. The maximum absolute atomic E-state index is 5.88. The minimum absolute atomic E-state index is 0.419. The largest absolute Gasteiger partial charge is 0.419 e. The molecule has 0 fully saturated rings. The first-order valence-corrected chi connectivity index (χ1v) is 7.40. The van der Waals surface area contributed by atoms with Crippen LogP contribution >= 0.6 is 11.6 Å². The molecule has 3 heterocycles. The van der Waals surface area contributed by atoms with Gasteiger partial charge < -0.3 is 8.98 Å². The summed E-state index contributed by atoms with van der Waals surface area (Å²) < 4.78 is 9.42. The van der Waals surface area contributed by atoms with E-state index in [1.807, 2.05) is 47.4 Å². The van der Waals surface area contributed by atoms with Gasteiger partial charge >= 0.3 is 0 Å². The van der Waals surface area contributed by atoms with Gasteiger partial charge in [-0.2, -0.15) is 5.10 Å². The number of nitrogens with zero attached hydrogens (tertiary/aromatic N) is 5. The summed E-state index contributed by atoms with van der Waals surface area (Å²) in [6.07, 6.45) is 7.64. The molecule has 7 heteroatoms. The molecule has 3 aromatic heterocycles. The van der Waals surface area contributed by atoms with Crippen LogP contribution in [0.2, 0.25) is 5.02 Å². The molecule has 0 atom stereocenters. The molecule has 0 saturated carbocycles. The fourth-order valence-electron chi connectivity index (χ4n) is 2.24. The quantitative estimate of drug-likeness (QED) is 0.576. The monoisotopic (exact) mass is 325 g/mol. The van der Waals surface area contributed by atoms with Crippen molar-refractivity contribution in [3.63, 3.8) is 0 Å². The van der Waals surface area contributed by atoms with E-state index in [1.165, 1.54) is 0 Å². The van der Waals surface area contributed by atoms with Crippen molar-refractivity contribution in [1.82, 2.24) is 24.5 Å². The summed E-state index contributed by atoms with van der Waals surface area (Å²) in [6.45, 7) is 0.419. The maximum Gasteiger partial charge on any atom is 0.247 e. The van der Waals surface area contributed by atoms with Crippen LogP contribution in [0.5, 0.6) is 0 Å². The van der Waals surface area contributed by atoms with Crippen molar-refractivity contribution in [2.45, 2.75) is 6.54 Å². The summed E-state index contributed by atoms with van der Waals surface area (Å²) in [5, 5.41) is 13.1. The second kappa shape index (κ2) is 5.73. The van der Waals surface area contributed by atoms with Crippen molar-refractivity contribution in [3.05, 3.63) is 72.1 Å². The second-order valence-electron chi connectivity index (χ2n) is 4.99. The number of benzene rings is 1. The average molecular weight is 326 g/mol. The lowest BCUT2D eigenvalue weighted by atomic mass is 10.2. The predicted molar refractivity (Wildman–Crippen MR) is 85.4 cm³/mol. The fourth-order valence-corrected chi connectivity index (χ4v) is 2.37. The Hall–Kier alpha value is -2.86. The number of rotatable bonds is 4.